The molecule has 23 heavy (non-hydrogen) atoms. The third kappa shape index (κ3) is 4.82. The second-order valence-corrected chi connectivity index (χ2v) is 5.54. The van der Waals surface area contributed by atoms with Crippen molar-refractivity contribution in [2.75, 3.05) is 18.9 Å². The number of nitrogens with one attached hydrogen (secondary N) is 1. The number of thioether (sulfide) groups is 1. The highest BCUT2D eigenvalue weighted by molar-refractivity contribution is 7.99. The van der Waals surface area contributed by atoms with E-state index in [4.69, 9.17) is 4.74 Å². The van der Waals surface area contributed by atoms with Crippen LogP contribution in [0.3, 0.4) is 0 Å². The molecule has 7 nitrogen and oxygen atoms in total. The van der Waals surface area contributed by atoms with Crippen molar-refractivity contribution in [2.45, 2.75) is 12.1 Å². The van der Waals surface area contributed by atoms with E-state index in [-0.39, 0.29) is 18.2 Å². The Morgan fingerprint density at radius 1 is 1.26 bits per heavy atom. The molecular formula is C15H18N4O3S. The van der Waals surface area contributed by atoms with Gasteiger partial charge < -0.3 is 14.6 Å². The summed E-state index contributed by atoms with van der Waals surface area (Å²) in [6, 6.07) is 9.69. The second kappa shape index (κ2) is 8.33. The van der Waals surface area contributed by atoms with Crippen molar-refractivity contribution in [3.05, 3.63) is 30.3 Å². The maximum absolute atomic E-state index is 11.7. The maximum Gasteiger partial charge on any atom is 0.325 e. The lowest BCUT2D eigenvalue weighted by Crippen LogP contribution is -2.31. The fourth-order valence-corrected chi connectivity index (χ4v) is 2.58. The largest absolute Gasteiger partial charge is 0.465 e. The molecule has 2 aromatic rings. The van der Waals surface area contributed by atoms with E-state index < -0.39 is 5.97 Å². The van der Waals surface area contributed by atoms with Crippen molar-refractivity contribution < 1.29 is 14.3 Å². The number of carbonyl (C=O) groups is 2. The molecule has 0 aliphatic carbocycles. The van der Waals surface area contributed by atoms with E-state index in [1.54, 1.807) is 6.92 Å². The average molecular weight is 334 g/mol. The highest BCUT2D eigenvalue weighted by atomic mass is 32.2. The topological polar surface area (TPSA) is 86.1 Å². The van der Waals surface area contributed by atoms with E-state index in [2.05, 4.69) is 15.5 Å². The van der Waals surface area contributed by atoms with Crippen LogP contribution in [0.2, 0.25) is 0 Å². The molecule has 122 valence electrons. The van der Waals surface area contributed by atoms with Crippen LogP contribution in [-0.2, 0) is 21.4 Å². The molecule has 1 heterocycles. The van der Waals surface area contributed by atoms with E-state index in [1.165, 1.54) is 11.8 Å². The molecule has 0 bridgehead atoms. The Morgan fingerprint density at radius 3 is 2.70 bits per heavy atom. The fraction of sp³-hybridized carbons (Fsp3) is 0.333. The van der Waals surface area contributed by atoms with Crippen molar-refractivity contribution in [3.8, 4) is 11.4 Å². The summed E-state index contributed by atoms with van der Waals surface area (Å²) >= 11 is 1.26. The number of amides is 1. The molecule has 0 aliphatic heterocycles. The van der Waals surface area contributed by atoms with Gasteiger partial charge in [0, 0.05) is 12.6 Å². The van der Waals surface area contributed by atoms with Crippen LogP contribution in [0.4, 0.5) is 0 Å². The van der Waals surface area contributed by atoms with Crippen LogP contribution in [0.25, 0.3) is 11.4 Å². The monoisotopic (exact) mass is 334 g/mol. The minimum atomic E-state index is -0.448. The van der Waals surface area contributed by atoms with Gasteiger partial charge in [-0.15, -0.1) is 10.2 Å². The molecule has 2 rings (SSSR count). The summed E-state index contributed by atoms with van der Waals surface area (Å²) < 4.78 is 6.57. The van der Waals surface area contributed by atoms with Gasteiger partial charge in [-0.05, 0) is 6.92 Å². The lowest BCUT2D eigenvalue weighted by molar-refractivity contribution is -0.143. The molecule has 0 unspecified atom stereocenters. The zero-order valence-electron chi connectivity index (χ0n) is 13.0. The minimum Gasteiger partial charge on any atom is -0.465 e. The van der Waals surface area contributed by atoms with Gasteiger partial charge in [-0.1, -0.05) is 42.1 Å². The summed E-state index contributed by atoms with van der Waals surface area (Å²) in [5, 5.41) is 11.4. The van der Waals surface area contributed by atoms with E-state index in [0.29, 0.717) is 11.8 Å². The van der Waals surface area contributed by atoms with Gasteiger partial charge >= 0.3 is 5.97 Å². The molecule has 0 spiro atoms. The second-order valence-electron chi connectivity index (χ2n) is 4.60. The SMILES string of the molecule is CCOC(=O)CNC(=O)CSc1nnc(-c2ccccc2)n1C. The fourth-order valence-electron chi connectivity index (χ4n) is 1.84. The molecule has 0 atom stereocenters. The third-order valence-corrected chi connectivity index (χ3v) is 3.95. The van der Waals surface area contributed by atoms with Crippen molar-refractivity contribution in [3.63, 3.8) is 0 Å². The molecule has 0 saturated carbocycles. The summed E-state index contributed by atoms with van der Waals surface area (Å²) in [6.45, 7) is 1.89. The number of benzene rings is 1. The van der Waals surface area contributed by atoms with Gasteiger partial charge in [0.1, 0.15) is 6.54 Å². The molecule has 8 heteroatoms. The molecule has 1 N–H and O–H groups in total. The summed E-state index contributed by atoms with van der Waals surface area (Å²) in [6.07, 6.45) is 0. The third-order valence-electron chi connectivity index (χ3n) is 2.93. The summed E-state index contributed by atoms with van der Waals surface area (Å²) in [5.74, 6) is 0.184. The zero-order chi connectivity index (χ0) is 16.7. The van der Waals surface area contributed by atoms with Gasteiger partial charge in [-0.25, -0.2) is 0 Å². The number of rotatable bonds is 7. The minimum absolute atomic E-state index is 0.124. The van der Waals surface area contributed by atoms with Crippen LogP contribution < -0.4 is 5.32 Å². The van der Waals surface area contributed by atoms with Crippen LogP contribution in [0.5, 0.6) is 0 Å². The molecular weight excluding hydrogens is 316 g/mol. The number of esters is 1. The standard InChI is InChI=1S/C15H18N4O3S/c1-3-22-13(21)9-16-12(20)10-23-15-18-17-14(19(15)2)11-7-5-4-6-8-11/h4-8H,3,9-10H2,1-2H3,(H,16,20). The molecule has 1 aromatic carbocycles. The first-order valence-corrected chi connectivity index (χ1v) is 8.10. The Morgan fingerprint density at radius 2 is 2.00 bits per heavy atom. The first kappa shape index (κ1) is 17.0. The van der Waals surface area contributed by atoms with Crippen LogP contribution in [0, 0.1) is 0 Å². The van der Waals surface area contributed by atoms with Crippen molar-refractivity contribution >= 4 is 23.6 Å². The van der Waals surface area contributed by atoms with E-state index >= 15 is 0 Å². The van der Waals surface area contributed by atoms with Gasteiger partial charge in [0.25, 0.3) is 0 Å². The highest BCUT2D eigenvalue weighted by Crippen LogP contribution is 2.21. The Bertz CT molecular complexity index is 673. The smallest absolute Gasteiger partial charge is 0.325 e. The lowest BCUT2D eigenvalue weighted by Gasteiger charge is -2.05. The molecule has 0 saturated heterocycles. The van der Waals surface area contributed by atoms with Crippen LogP contribution >= 0.6 is 11.8 Å². The number of nitrogens with zero attached hydrogens (tertiary/aromatic N) is 3. The molecule has 0 radical (unpaired) electrons. The number of carbonyl (C=O) groups excluding carboxylic acids is 2. The Labute approximate surface area is 138 Å². The normalized spacial score (nSPS) is 10.3. The molecule has 1 aromatic heterocycles. The van der Waals surface area contributed by atoms with Crippen molar-refractivity contribution in [1.82, 2.24) is 20.1 Å². The molecule has 0 aliphatic rings. The lowest BCUT2D eigenvalue weighted by atomic mass is 10.2. The first-order chi connectivity index (χ1) is 11.1. The van der Waals surface area contributed by atoms with Crippen molar-refractivity contribution in [1.29, 1.82) is 0 Å². The molecule has 1 amide bonds. The Hall–Kier alpha value is -2.35. The highest BCUT2D eigenvalue weighted by Gasteiger charge is 2.13. The summed E-state index contributed by atoms with van der Waals surface area (Å²) in [7, 11) is 1.85. The zero-order valence-corrected chi connectivity index (χ0v) is 13.8. The average Bonchev–Trinajstić information content (AvgIpc) is 2.93. The summed E-state index contributed by atoms with van der Waals surface area (Å²) in [5.41, 5.74) is 0.959. The van der Waals surface area contributed by atoms with Gasteiger partial charge in [0.05, 0.1) is 12.4 Å². The van der Waals surface area contributed by atoms with E-state index in [0.717, 1.165) is 11.4 Å². The van der Waals surface area contributed by atoms with Gasteiger partial charge in [0.2, 0.25) is 5.91 Å². The first-order valence-electron chi connectivity index (χ1n) is 7.11. The van der Waals surface area contributed by atoms with Gasteiger partial charge in [0.15, 0.2) is 11.0 Å². The predicted octanol–water partition coefficient (Wildman–Crippen LogP) is 1.25. The van der Waals surface area contributed by atoms with Crippen LogP contribution in [0.15, 0.2) is 35.5 Å². The number of ether oxygens (including phenoxy) is 1. The van der Waals surface area contributed by atoms with E-state index in [9.17, 15) is 9.59 Å². The van der Waals surface area contributed by atoms with Crippen LogP contribution in [0.1, 0.15) is 6.92 Å². The quantitative estimate of drug-likeness (QED) is 0.606. The number of hydrogen-bond donors (Lipinski definition) is 1. The maximum atomic E-state index is 11.7. The van der Waals surface area contributed by atoms with Gasteiger partial charge in [-0.2, -0.15) is 0 Å². The van der Waals surface area contributed by atoms with Gasteiger partial charge in [-0.3, -0.25) is 9.59 Å². The van der Waals surface area contributed by atoms with E-state index in [1.807, 2.05) is 41.9 Å². The summed E-state index contributed by atoms with van der Waals surface area (Å²) in [4.78, 5) is 22.9. The number of aromatic nitrogens is 3. The van der Waals surface area contributed by atoms with Crippen LogP contribution in [-0.4, -0.2) is 45.5 Å². The Kier molecular flexibility index (Phi) is 6.16. The van der Waals surface area contributed by atoms with Crippen molar-refractivity contribution in [2.24, 2.45) is 7.05 Å². The molecule has 0 fully saturated rings. The predicted molar refractivity (Wildman–Crippen MR) is 86.8 cm³/mol. The Balaban J connectivity index is 1.88. The number of hydrogen-bond acceptors (Lipinski definition) is 6.